The zero-order chi connectivity index (χ0) is 37.2. The molecule has 0 saturated heterocycles. The van der Waals surface area contributed by atoms with Crippen LogP contribution in [0.15, 0.2) is 82.0 Å². The maximum atomic E-state index is 13.6. The van der Waals surface area contributed by atoms with Gasteiger partial charge < -0.3 is 24.8 Å². The van der Waals surface area contributed by atoms with E-state index in [4.69, 9.17) is 9.47 Å². The summed E-state index contributed by atoms with van der Waals surface area (Å²) in [4.78, 5) is 39.6. The van der Waals surface area contributed by atoms with Gasteiger partial charge in [0.25, 0.3) is 0 Å². The van der Waals surface area contributed by atoms with Crippen LogP contribution in [0, 0.1) is 34.5 Å². The van der Waals surface area contributed by atoms with E-state index in [1.165, 1.54) is 37.0 Å². The Morgan fingerprint density at radius 1 is 1.02 bits per heavy atom. The number of ketones is 1. The summed E-state index contributed by atoms with van der Waals surface area (Å²) >= 11 is 0. The molecule has 8 unspecified atom stereocenters. The molecular formula is C42H56O8. The van der Waals surface area contributed by atoms with E-state index in [0.29, 0.717) is 16.7 Å². The van der Waals surface area contributed by atoms with Crippen LogP contribution in [-0.2, 0) is 23.9 Å². The smallest absolute Gasteiger partial charge is 0.331 e. The van der Waals surface area contributed by atoms with Gasteiger partial charge in [-0.2, -0.15) is 0 Å². The summed E-state index contributed by atoms with van der Waals surface area (Å²) < 4.78 is 12.3. The van der Waals surface area contributed by atoms with Crippen LogP contribution in [0.2, 0.25) is 0 Å². The molecule has 0 heterocycles. The fourth-order valence-corrected chi connectivity index (χ4v) is 10.1. The van der Waals surface area contributed by atoms with E-state index < -0.39 is 76.3 Å². The molecule has 8 atom stereocenters. The largest absolute Gasteiger partial charge is 0.454 e. The minimum absolute atomic E-state index is 0.141. The van der Waals surface area contributed by atoms with Crippen LogP contribution in [0.1, 0.15) is 94.9 Å². The zero-order valence-electron chi connectivity index (χ0n) is 31.4. The maximum absolute atomic E-state index is 13.6. The lowest BCUT2D eigenvalue weighted by Gasteiger charge is -2.53. The molecule has 0 spiro atoms. The highest BCUT2D eigenvalue weighted by molar-refractivity contribution is 6.04. The fourth-order valence-electron chi connectivity index (χ4n) is 10.1. The predicted octanol–water partition coefficient (Wildman–Crippen LogP) is 6.58. The second-order valence-corrected chi connectivity index (χ2v) is 16.8. The molecule has 0 aromatic heterocycles. The molecule has 5 rings (SSSR count). The van der Waals surface area contributed by atoms with E-state index in [2.05, 4.69) is 32.9 Å². The topological polar surface area (TPSA) is 130 Å². The zero-order valence-corrected chi connectivity index (χ0v) is 31.4. The molecular weight excluding hydrogens is 632 g/mol. The minimum Gasteiger partial charge on any atom is -0.454 e. The number of carbonyl (C=O) groups excluding carboxylic acids is 3. The van der Waals surface area contributed by atoms with Crippen molar-refractivity contribution in [1.29, 1.82) is 0 Å². The first-order chi connectivity index (χ1) is 23.2. The van der Waals surface area contributed by atoms with E-state index in [9.17, 15) is 29.7 Å². The van der Waals surface area contributed by atoms with E-state index in [0.717, 1.165) is 12.0 Å². The van der Waals surface area contributed by atoms with Crippen molar-refractivity contribution >= 4 is 17.7 Å². The van der Waals surface area contributed by atoms with Crippen molar-refractivity contribution in [2.45, 2.75) is 118 Å². The maximum Gasteiger partial charge on any atom is 0.331 e. The van der Waals surface area contributed by atoms with Crippen molar-refractivity contribution in [3.63, 3.8) is 0 Å². The van der Waals surface area contributed by atoms with Crippen LogP contribution in [0.4, 0.5) is 0 Å². The van der Waals surface area contributed by atoms with Gasteiger partial charge in [0.05, 0.1) is 12.2 Å². The predicted molar refractivity (Wildman–Crippen MR) is 192 cm³/mol. The summed E-state index contributed by atoms with van der Waals surface area (Å²) in [5.41, 5.74) is -0.346. The first-order valence-electron chi connectivity index (χ1n) is 18.0. The van der Waals surface area contributed by atoms with Gasteiger partial charge in [-0.05, 0) is 74.7 Å². The number of ether oxygens (including phenoxy) is 2. The molecule has 5 aliphatic carbocycles. The summed E-state index contributed by atoms with van der Waals surface area (Å²) in [5, 5.41) is 35.0. The molecule has 8 nitrogen and oxygen atoms in total. The molecule has 0 aromatic rings. The highest BCUT2D eigenvalue weighted by Crippen LogP contribution is 2.77. The van der Waals surface area contributed by atoms with Gasteiger partial charge in [0.1, 0.15) is 11.7 Å². The van der Waals surface area contributed by atoms with Crippen LogP contribution in [0.3, 0.4) is 0 Å². The molecule has 0 radical (unpaired) electrons. The van der Waals surface area contributed by atoms with Crippen molar-refractivity contribution < 1.29 is 39.2 Å². The van der Waals surface area contributed by atoms with Crippen molar-refractivity contribution in [3.8, 4) is 0 Å². The summed E-state index contributed by atoms with van der Waals surface area (Å²) in [5.74, 6) is -4.88. The van der Waals surface area contributed by atoms with Gasteiger partial charge in [0, 0.05) is 48.5 Å². The van der Waals surface area contributed by atoms with Gasteiger partial charge >= 0.3 is 11.9 Å². The first kappa shape index (κ1) is 37.9. The number of rotatable bonds is 8. The van der Waals surface area contributed by atoms with Crippen LogP contribution in [0.25, 0.3) is 0 Å². The SMILES string of the molecule is CC(=O)OC12C(OC(=O)C=C(C)C=CC=C(C)C=CC3=C(C)CCCC3(C)C)C(C)C3(O)C(C=C(CO)CC4(O)C(=O)C(C)=CC43)C1C2(C)C. The number of fused-ring (bicyclic) bond motifs is 5. The molecule has 8 heteroatoms. The highest BCUT2D eigenvalue weighted by atomic mass is 16.6. The van der Waals surface area contributed by atoms with E-state index in [-0.39, 0.29) is 11.8 Å². The van der Waals surface area contributed by atoms with Crippen LogP contribution in [0.5, 0.6) is 0 Å². The Labute approximate surface area is 297 Å². The number of allylic oxidation sites excluding steroid dienone is 9. The van der Waals surface area contributed by atoms with Crippen molar-refractivity contribution in [1.82, 2.24) is 0 Å². The lowest BCUT2D eigenvalue weighted by Crippen LogP contribution is -2.66. The highest BCUT2D eigenvalue weighted by Gasteiger charge is 2.87. The third kappa shape index (κ3) is 5.95. The van der Waals surface area contributed by atoms with Crippen molar-refractivity contribution in [3.05, 3.63) is 82.0 Å². The van der Waals surface area contributed by atoms with Gasteiger partial charge in [-0.1, -0.05) is 88.3 Å². The molecule has 5 aliphatic rings. The number of hydrogen-bond donors (Lipinski definition) is 3. The number of carbonyl (C=O) groups is 3. The van der Waals surface area contributed by atoms with Gasteiger partial charge in [-0.25, -0.2) is 4.79 Å². The Hall–Kier alpha value is -3.33. The number of hydrogen-bond acceptors (Lipinski definition) is 8. The van der Waals surface area contributed by atoms with Gasteiger partial charge in [-0.3, -0.25) is 9.59 Å². The average molecular weight is 689 g/mol. The Kier molecular flexibility index (Phi) is 9.87. The molecule has 0 amide bonds. The molecule has 0 aliphatic heterocycles. The van der Waals surface area contributed by atoms with E-state index in [1.807, 2.05) is 39.0 Å². The summed E-state index contributed by atoms with van der Waals surface area (Å²) in [6.07, 6.45) is 17.0. The lowest BCUT2D eigenvalue weighted by molar-refractivity contribution is -0.226. The van der Waals surface area contributed by atoms with Gasteiger partial charge in [0.2, 0.25) is 0 Å². The van der Waals surface area contributed by atoms with Crippen molar-refractivity contribution in [2.24, 2.45) is 34.5 Å². The van der Waals surface area contributed by atoms with Crippen LogP contribution >= 0.6 is 0 Å². The lowest BCUT2D eigenvalue weighted by atomic mass is 9.59. The normalized spacial score (nSPS) is 37.9. The average Bonchev–Trinajstić information content (AvgIpc) is 3.43. The molecule has 2 saturated carbocycles. The monoisotopic (exact) mass is 688 g/mol. The molecule has 272 valence electrons. The van der Waals surface area contributed by atoms with Gasteiger partial charge in [0.15, 0.2) is 11.4 Å². The van der Waals surface area contributed by atoms with Crippen molar-refractivity contribution in [2.75, 3.05) is 6.61 Å². The quantitative estimate of drug-likeness (QED) is 0.113. The summed E-state index contributed by atoms with van der Waals surface area (Å²) in [7, 11) is 0. The summed E-state index contributed by atoms with van der Waals surface area (Å²) in [6.45, 7) is 18.7. The van der Waals surface area contributed by atoms with E-state index in [1.54, 1.807) is 32.9 Å². The number of aliphatic hydroxyl groups is 3. The molecule has 2 fully saturated rings. The molecule has 3 N–H and O–H groups in total. The third-order valence-corrected chi connectivity index (χ3v) is 12.6. The van der Waals surface area contributed by atoms with E-state index >= 15 is 0 Å². The molecule has 50 heavy (non-hydrogen) atoms. The van der Waals surface area contributed by atoms with Gasteiger partial charge in [-0.15, -0.1) is 0 Å². The number of Topliss-reactive ketones (excluding diaryl/α,β-unsaturated/α-hetero) is 1. The van der Waals surface area contributed by atoms with Crippen LogP contribution in [-0.4, -0.2) is 62.6 Å². The standard InChI is InChI=1S/C42H56O8/c1-24(16-17-31-26(3)15-12-18-38(31,7)8)13-11-14-25(2)19-34(45)49-37-28(5)41(48)32(35-39(9,10)42(35,37)50-29(6)44)21-30(23-43)22-40(47)33(41)20-27(4)36(40)46/h11,13-14,16-17,19-21,28,32-33,35,37,43,47-48H,12,15,18,22-23H2,1-10H3. The number of aliphatic hydroxyl groups excluding tert-OH is 1. The minimum atomic E-state index is -1.98. The Balaban J connectivity index is 1.44. The summed E-state index contributed by atoms with van der Waals surface area (Å²) in [6, 6.07) is 0. The second kappa shape index (κ2) is 13.0. The van der Waals surface area contributed by atoms with Crippen LogP contribution < -0.4 is 0 Å². The third-order valence-electron chi connectivity index (χ3n) is 12.6. The molecule has 0 bridgehead atoms. The second-order valence-electron chi connectivity index (χ2n) is 16.8. The Morgan fingerprint density at radius 2 is 1.70 bits per heavy atom. The molecule has 0 aromatic carbocycles. The first-order valence-corrected chi connectivity index (χ1v) is 18.0. The Bertz CT molecular complexity index is 1680. The Morgan fingerprint density at radius 3 is 2.32 bits per heavy atom. The fraction of sp³-hybridized carbons (Fsp3) is 0.595. The number of esters is 2.